The van der Waals surface area contributed by atoms with Gasteiger partial charge in [-0.1, -0.05) is 15.9 Å². The highest BCUT2D eigenvalue weighted by molar-refractivity contribution is 9.10. The van der Waals surface area contributed by atoms with Gasteiger partial charge in [-0.25, -0.2) is 0 Å². The Balaban J connectivity index is 3.12. The van der Waals surface area contributed by atoms with E-state index in [4.69, 9.17) is 4.74 Å². The van der Waals surface area contributed by atoms with Gasteiger partial charge in [-0.05, 0) is 25.1 Å². The molecule has 1 aromatic carbocycles. The van der Waals surface area contributed by atoms with Crippen LogP contribution in [0.3, 0.4) is 0 Å². The van der Waals surface area contributed by atoms with Gasteiger partial charge in [-0.3, -0.25) is 14.4 Å². The van der Waals surface area contributed by atoms with Crippen molar-refractivity contribution in [1.29, 1.82) is 0 Å². The summed E-state index contributed by atoms with van der Waals surface area (Å²) in [5.74, 6) is -1.46. The van der Waals surface area contributed by atoms with Gasteiger partial charge in [0.25, 0.3) is 5.91 Å². The number of esters is 2. The minimum atomic E-state index is -0.641. The first-order valence-electron chi connectivity index (χ1n) is 6.78. The van der Waals surface area contributed by atoms with Crippen molar-refractivity contribution in [2.24, 2.45) is 0 Å². The number of ether oxygens (including phenoxy) is 3. The summed E-state index contributed by atoms with van der Waals surface area (Å²) in [5.41, 5.74) is 0.239. The van der Waals surface area contributed by atoms with Gasteiger partial charge in [0.15, 0.2) is 0 Å². The first-order valence-corrected chi connectivity index (χ1v) is 7.57. The highest BCUT2D eigenvalue weighted by Gasteiger charge is 2.25. The third-order valence-electron chi connectivity index (χ3n) is 2.86. The molecule has 0 aromatic heterocycles. The summed E-state index contributed by atoms with van der Waals surface area (Å²) in [6, 6.07) is 4.87. The molecule has 0 aliphatic heterocycles. The maximum absolute atomic E-state index is 12.7. The first kappa shape index (κ1) is 19.0. The van der Waals surface area contributed by atoms with Crippen molar-refractivity contribution in [3.8, 4) is 5.75 Å². The molecule has 7 nitrogen and oxygen atoms in total. The fourth-order valence-corrected chi connectivity index (χ4v) is 2.10. The van der Waals surface area contributed by atoms with E-state index in [1.165, 1.54) is 14.2 Å². The average molecular weight is 388 g/mol. The number of hydrogen-bond acceptors (Lipinski definition) is 6. The van der Waals surface area contributed by atoms with E-state index >= 15 is 0 Å². The third-order valence-corrected chi connectivity index (χ3v) is 3.35. The minimum Gasteiger partial charge on any atom is -0.493 e. The highest BCUT2D eigenvalue weighted by Crippen LogP contribution is 2.25. The van der Waals surface area contributed by atoms with E-state index in [1.54, 1.807) is 25.1 Å². The smallest absolute Gasteiger partial charge is 0.325 e. The maximum atomic E-state index is 12.7. The molecule has 1 rings (SSSR count). The second-order valence-electron chi connectivity index (χ2n) is 4.39. The molecular formula is C15H18BrNO6. The summed E-state index contributed by atoms with van der Waals surface area (Å²) in [7, 11) is 2.41. The zero-order valence-electron chi connectivity index (χ0n) is 13.1. The third kappa shape index (κ3) is 5.55. The van der Waals surface area contributed by atoms with Crippen LogP contribution in [0, 0.1) is 0 Å². The monoisotopic (exact) mass is 387 g/mol. The van der Waals surface area contributed by atoms with Crippen LogP contribution in [0.1, 0.15) is 17.3 Å². The Labute approximate surface area is 142 Å². The van der Waals surface area contributed by atoms with Crippen molar-refractivity contribution in [1.82, 2.24) is 4.90 Å². The fraction of sp³-hybridized carbons (Fsp3) is 0.400. The Morgan fingerprint density at radius 3 is 2.13 bits per heavy atom. The number of carbonyl (C=O) groups excluding carboxylic acids is 3. The fourth-order valence-electron chi connectivity index (χ4n) is 1.76. The average Bonchev–Trinajstić information content (AvgIpc) is 2.53. The molecule has 0 bridgehead atoms. The number of nitrogens with zero attached hydrogens (tertiary/aromatic N) is 1. The number of halogens is 1. The molecule has 0 radical (unpaired) electrons. The predicted molar refractivity (Wildman–Crippen MR) is 85.2 cm³/mol. The maximum Gasteiger partial charge on any atom is 0.325 e. The minimum absolute atomic E-state index is 0.239. The summed E-state index contributed by atoms with van der Waals surface area (Å²) in [6.07, 6.45) is 0. The van der Waals surface area contributed by atoms with E-state index in [2.05, 4.69) is 25.4 Å². The van der Waals surface area contributed by atoms with Gasteiger partial charge in [-0.15, -0.1) is 0 Å². The Morgan fingerprint density at radius 2 is 1.65 bits per heavy atom. The largest absolute Gasteiger partial charge is 0.493 e. The molecule has 0 atom stereocenters. The molecule has 0 aliphatic rings. The molecule has 0 spiro atoms. The van der Waals surface area contributed by atoms with E-state index in [9.17, 15) is 14.4 Å². The van der Waals surface area contributed by atoms with Gasteiger partial charge < -0.3 is 19.1 Å². The van der Waals surface area contributed by atoms with Crippen molar-refractivity contribution in [2.45, 2.75) is 6.92 Å². The van der Waals surface area contributed by atoms with E-state index in [0.29, 0.717) is 12.4 Å². The second kappa shape index (κ2) is 9.14. The van der Waals surface area contributed by atoms with Crippen molar-refractivity contribution in [3.63, 3.8) is 0 Å². The van der Waals surface area contributed by atoms with Crippen LogP contribution in [0.15, 0.2) is 22.7 Å². The molecule has 0 aliphatic carbocycles. The number of amides is 1. The highest BCUT2D eigenvalue weighted by atomic mass is 79.9. The van der Waals surface area contributed by atoms with E-state index in [1.807, 2.05) is 0 Å². The molecule has 0 saturated heterocycles. The van der Waals surface area contributed by atoms with Gasteiger partial charge in [-0.2, -0.15) is 0 Å². The molecule has 1 aromatic rings. The Hall–Kier alpha value is -2.09. The molecule has 0 saturated carbocycles. The zero-order valence-corrected chi connectivity index (χ0v) is 14.7. The lowest BCUT2D eigenvalue weighted by Gasteiger charge is -2.21. The molecule has 0 fully saturated rings. The van der Waals surface area contributed by atoms with Crippen LogP contribution in [0.25, 0.3) is 0 Å². The summed E-state index contributed by atoms with van der Waals surface area (Å²) < 4.78 is 15.3. The lowest BCUT2D eigenvalue weighted by molar-refractivity contribution is -0.144. The Morgan fingerprint density at radius 1 is 1.09 bits per heavy atom. The molecule has 0 N–H and O–H groups in total. The van der Waals surface area contributed by atoms with Gasteiger partial charge in [0.2, 0.25) is 0 Å². The molecule has 8 heteroatoms. The summed E-state index contributed by atoms with van der Waals surface area (Å²) in [4.78, 5) is 36.7. The predicted octanol–water partition coefficient (Wildman–Crippen LogP) is 1.64. The number of methoxy groups -OCH3 is 2. The summed E-state index contributed by atoms with van der Waals surface area (Å²) in [6.45, 7) is 1.42. The molecule has 126 valence electrons. The quantitative estimate of drug-likeness (QED) is 0.661. The summed E-state index contributed by atoms with van der Waals surface area (Å²) >= 11 is 3.30. The van der Waals surface area contributed by atoms with Crippen LogP contribution >= 0.6 is 15.9 Å². The lowest BCUT2D eigenvalue weighted by Crippen LogP contribution is -2.40. The van der Waals surface area contributed by atoms with Crippen LogP contribution in [0.2, 0.25) is 0 Å². The van der Waals surface area contributed by atoms with Crippen molar-refractivity contribution in [3.05, 3.63) is 28.2 Å². The van der Waals surface area contributed by atoms with Crippen LogP contribution in [0.5, 0.6) is 5.75 Å². The normalized spacial score (nSPS) is 9.91. The number of benzene rings is 1. The molecule has 23 heavy (non-hydrogen) atoms. The molecule has 0 heterocycles. The van der Waals surface area contributed by atoms with Crippen LogP contribution < -0.4 is 4.74 Å². The number of hydrogen-bond donors (Lipinski definition) is 0. The Kier molecular flexibility index (Phi) is 7.53. The summed E-state index contributed by atoms with van der Waals surface area (Å²) in [5, 5.41) is 0. The van der Waals surface area contributed by atoms with E-state index in [-0.39, 0.29) is 18.7 Å². The van der Waals surface area contributed by atoms with Gasteiger partial charge >= 0.3 is 11.9 Å². The van der Waals surface area contributed by atoms with Gasteiger partial charge in [0.05, 0.1) is 26.4 Å². The van der Waals surface area contributed by atoms with Crippen LogP contribution in [0.4, 0.5) is 0 Å². The van der Waals surface area contributed by atoms with E-state index < -0.39 is 17.8 Å². The van der Waals surface area contributed by atoms with E-state index in [0.717, 1.165) is 9.37 Å². The Bertz CT molecular complexity index is 571. The first-order chi connectivity index (χ1) is 10.9. The van der Waals surface area contributed by atoms with Crippen molar-refractivity contribution < 1.29 is 28.6 Å². The van der Waals surface area contributed by atoms with Gasteiger partial charge in [0, 0.05) is 4.47 Å². The van der Waals surface area contributed by atoms with Crippen molar-refractivity contribution in [2.75, 3.05) is 33.9 Å². The van der Waals surface area contributed by atoms with Crippen molar-refractivity contribution >= 4 is 33.8 Å². The lowest BCUT2D eigenvalue weighted by atomic mass is 10.1. The molecular weight excluding hydrogens is 370 g/mol. The molecule has 1 amide bonds. The van der Waals surface area contributed by atoms with Crippen LogP contribution in [-0.4, -0.2) is 56.7 Å². The number of carbonyl (C=O) groups is 3. The zero-order chi connectivity index (χ0) is 17.4. The van der Waals surface area contributed by atoms with Gasteiger partial charge in [0.1, 0.15) is 18.8 Å². The number of rotatable bonds is 7. The van der Waals surface area contributed by atoms with Crippen LogP contribution in [-0.2, 0) is 19.1 Å². The molecule has 0 unspecified atom stereocenters. The standard InChI is InChI=1S/C15H18BrNO6/c1-4-23-12-7-10(16)5-6-11(12)15(20)17(8-13(18)21-2)9-14(19)22-3/h5-7H,4,8-9H2,1-3H3. The SMILES string of the molecule is CCOc1cc(Br)ccc1C(=O)N(CC(=O)OC)CC(=O)OC. The second-order valence-corrected chi connectivity index (χ2v) is 5.30. The topological polar surface area (TPSA) is 82.1 Å².